The molecule has 1 heterocycles. The average molecular weight is 470 g/mol. The summed E-state index contributed by atoms with van der Waals surface area (Å²) in [5, 5.41) is 9.80. The summed E-state index contributed by atoms with van der Waals surface area (Å²) in [7, 11) is 0. The van der Waals surface area contributed by atoms with Gasteiger partial charge in [-0.25, -0.2) is 9.48 Å². The number of urea groups is 1. The van der Waals surface area contributed by atoms with Gasteiger partial charge in [0.25, 0.3) is 0 Å². The molecule has 8 heteroatoms. The lowest BCUT2D eigenvalue weighted by molar-refractivity contribution is -0.121. The van der Waals surface area contributed by atoms with Crippen molar-refractivity contribution < 1.29 is 14.3 Å². The topological polar surface area (TPSA) is 111 Å². The van der Waals surface area contributed by atoms with Gasteiger partial charge < -0.3 is 21.1 Å². The molecule has 35 heavy (non-hydrogen) atoms. The molecular weight excluding hydrogens is 442 g/mol. The first kappa shape index (κ1) is 23.6. The Bertz CT molecular complexity index is 1240. The van der Waals surface area contributed by atoms with E-state index in [1.807, 2.05) is 85.1 Å². The zero-order valence-corrected chi connectivity index (χ0v) is 19.1. The number of rotatable bonds is 10. The number of aromatic nitrogens is 2. The van der Waals surface area contributed by atoms with E-state index in [1.165, 1.54) is 0 Å². The Kier molecular flexibility index (Phi) is 7.75. The number of para-hydroxylation sites is 1. The molecule has 0 radical (unpaired) electrons. The van der Waals surface area contributed by atoms with Crippen LogP contribution in [0, 0.1) is 0 Å². The van der Waals surface area contributed by atoms with Crippen LogP contribution >= 0.6 is 0 Å². The normalized spacial score (nSPS) is 11.4. The zero-order valence-electron chi connectivity index (χ0n) is 19.1. The van der Waals surface area contributed by atoms with Crippen molar-refractivity contribution in [2.45, 2.75) is 18.9 Å². The predicted molar refractivity (Wildman–Crippen MR) is 133 cm³/mol. The monoisotopic (exact) mass is 469 g/mol. The van der Waals surface area contributed by atoms with Gasteiger partial charge in [0.2, 0.25) is 5.91 Å². The number of ether oxygens (including phenoxy) is 1. The largest absolute Gasteiger partial charge is 0.457 e. The second kappa shape index (κ2) is 11.5. The molecule has 178 valence electrons. The van der Waals surface area contributed by atoms with E-state index in [1.54, 1.807) is 16.9 Å². The van der Waals surface area contributed by atoms with Crippen molar-refractivity contribution in [1.29, 1.82) is 0 Å². The van der Waals surface area contributed by atoms with Crippen LogP contribution in [0.4, 0.5) is 4.79 Å². The first-order valence-electron chi connectivity index (χ1n) is 11.3. The van der Waals surface area contributed by atoms with E-state index in [4.69, 9.17) is 10.5 Å². The van der Waals surface area contributed by atoms with Gasteiger partial charge in [0.1, 0.15) is 11.5 Å². The fourth-order valence-electron chi connectivity index (χ4n) is 3.68. The number of nitrogens with two attached hydrogens (primary N) is 1. The molecule has 0 unspecified atom stereocenters. The first-order chi connectivity index (χ1) is 17.1. The Morgan fingerprint density at radius 2 is 1.71 bits per heavy atom. The molecule has 0 aliphatic rings. The van der Waals surface area contributed by atoms with E-state index >= 15 is 0 Å². The van der Waals surface area contributed by atoms with Gasteiger partial charge in [-0.15, -0.1) is 0 Å². The number of carbonyl (C=O) groups excluding carboxylic acids is 2. The third kappa shape index (κ3) is 6.94. The van der Waals surface area contributed by atoms with E-state index in [9.17, 15) is 9.59 Å². The van der Waals surface area contributed by atoms with Gasteiger partial charge in [-0.05, 0) is 60.0 Å². The molecule has 4 aromatic rings. The van der Waals surface area contributed by atoms with Crippen LogP contribution in [0.5, 0.6) is 11.5 Å². The molecule has 8 nitrogen and oxygen atoms in total. The van der Waals surface area contributed by atoms with Crippen molar-refractivity contribution in [2.75, 3.05) is 6.54 Å². The fourth-order valence-corrected chi connectivity index (χ4v) is 3.68. The molecule has 0 aliphatic heterocycles. The Labute approximate surface area is 203 Å². The minimum Gasteiger partial charge on any atom is -0.457 e. The van der Waals surface area contributed by atoms with E-state index in [2.05, 4.69) is 15.7 Å². The highest BCUT2D eigenvalue weighted by Gasteiger charge is 2.18. The number of primary amides is 1. The number of nitrogens with one attached hydrogen (secondary N) is 2. The fraction of sp³-hybridized carbons (Fsp3) is 0.148. The Hall–Kier alpha value is -4.59. The van der Waals surface area contributed by atoms with Crippen molar-refractivity contribution in [3.63, 3.8) is 0 Å². The second-order valence-corrected chi connectivity index (χ2v) is 7.97. The average Bonchev–Trinajstić information content (AvgIpc) is 3.40. The lowest BCUT2D eigenvalue weighted by Crippen LogP contribution is -2.37. The molecule has 0 saturated carbocycles. The second-order valence-electron chi connectivity index (χ2n) is 7.97. The van der Waals surface area contributed by atoms with Crippen molar-refractivity contribution in [3.05, 3.63) is 108 Å². The third-order valence-electron chi connectivity index (χ3n) is 5.39. The minimum absolute atomic E-state index is 0.0516. The van der Waals surface area contributed by atoms with E-state index < -0.39 is 12.1 Å². The zero-order chi connectivity index (χ0) is 24.5. The summed E-state index contributed by atoms with van der Waals surface area (Å²) in [4.78, 5) is 24.2. The van der Waals surface area contributed by atoms with Crippen molar-refractivity contribution in [1.82, 2.24) is 20.4 Å². The Morgan fingerprint density at radius 1 is 0.943 bits per heavy atom. The van der Waals surface area contributed by atoms with Crippen LogP contribution in [-0.2, 0) is 11.2 Å². The lowest BCUT2D eigenvalue weighted by atomic mass is 10.0. The van der Waals surface area contributed by atoms with Crippen LogP contribution in [0.2, 0.25) is 0 Å². The predicted octanol–water partition coefficient (Wildman–Crippen LogP) is 4.12. The number of carbonyl (C=O) groups is 2. The molecule has 1 atom stereocenters. The van der Waals surface area contributed by atoms with Crippen LogP contribution in [0.1, 0.15) is 23.6 Å². The molecule has 0 fully saturated rings. The van der Waals surface area contributed by atoms with Gasteiger partial charge >= 0.3 is 6.03 Å². The molecular formula is C27H27N5O3. The van der Waals surface area contributed by atoms with E-state index in [0.29, 0.717) is 24.5 Å². The maximum absolute atomic E-state index is 12.6. The van der Waals surface area contributed by atoms with E-state index in [-0.39, 0.29) is 12.3 Å². The highest BCUT2D eigenvalue weighted by Crippen LogP contribution is 2.26. The van der Waals surface area contributed by atoms with Gasteiger partial charge in [0.15, 0.2) is 0 Å². The molecule has 4 N–H and O–H groups in total. The van der Waals surface area contributed by atoms with Gasteiger partial charge in [-0.1, -0.05) is 42.5 Å². The summed E-state index contributed by atoms with van der Waals surface area (Å²) in [6, 6.07) is 25.2. The highest BCUT2D eigenvalue weighted by atomic mass is 16.5. The summed E-state index contributed by atoms with van der Waals surface area (Å²) in [5.74, 6) is 1.11. The SMILES string of the molecule is NC(=O)N[C@@H](CC(=O)NCCc1ccc(-n2cccn2)cc1)c1cccc(Oc2ccccc2)c1. The number of nitrogens with zero attached hydrogens (tertiary/aromatic N) is 2. The molecule has 0 saturated heterocycles. The van der Waals surface area contributed by atoms with Crippen LogP contribution in [0.15, 0.2) is 97.3 Å². The molecule has 1 aromatic heterocycles. The highest BCUT2D eigenvalue weighted by molar-refractivity contribution is 5.78. The van der Waals surface area contributed by atoms with Gasteiger partial charge in [0.05, 0.1) is 18.2 Å². The first-order valence-corrected chi connectivity index (χ1v) is 11.3. The maximum Gasteiger partial charge on any atom is 0.312 e. The van der Waals surface area contributed by atoms with Crippen molar-refractivity contribution >= 4 is 11.9 Å². The maximum atomic E-state index is 12.6. The molecule has 0 spiro atoms. The number of hydrogen-bond donors (Lipinski definition) is 3. The molecule has 4 rings (SSSR count). The summed E-state index contributed by atoms with van der Waals surface area (Å²) in [5.41, 5.74) is 8.17. The molecule has 3 aromatic carbocycles. The standard InChI is InChI=1S/C27H27N5O3/c28-27(34)31-25(21-6-4-9-24(18-21)35-23-7-2-1-3-8-23)19-26(33)29-16-14-20-10-12-22(13-11-20)32-17-5-15-30-32/h1-13,15,17-18,25H,14,16,19H2,(H,29,33)(H3,28,31,34)/t25-/m0/s1. The Balaban J connectivity index is 1.33. The smallest absolute Gasteiger partial charge is 0.312 e. The third-order valence-corrected chi connectivity index (χ3v) is 5.39. The molecule has 0 aliphatic carbocycles. The van der Waals surface area contributed by atoms with Crippen molar-refractivity contribution in [2.24, 2.45) is 5.73 Å². The van der Waals surface area contributed by atoms with Gasteiger partial charge in [0, 0.05) is 18.9 Å². The summed E-state index contributed by atoms with van der Waals surface area (Å²) in [6.45, 7) is 0.473. The molecule has 0 bridgehead atoms. The Morgan fingerprint density at radius 3 is 2.43 bits per heavy atom. The number of hydrogen-bond acceptors (Lipinski definition) is 4. The van der Waals surface area contributed by atoms with Gasteiger partial charge in [-0.2, -0.15) is 5.10 Å². The molecule has 3 amide bonds. The van der Waals surface area contributed by atoms with Crippen LogP contribution < -0.4 is 21.1 Å². The summed E-state index contributed by atoms with van der Waals surface area (Å²) >= 11 is 0. The van der Waals surface area contributed by atoms with Crippen LogP contribution in [0.25, 0.3) is 5.69 Å². The van der Waals surface area contributed by atoms with Gasteiger partial charge in [-0.3, -0.25) is 4.79 Å². The minimum atomic E-state index is -0.700. The number of amides is 3. The van der Waals surface area contributed by atoms with Crippen LogP contribution in [0.3, 0.4) is 0 Å². The quantitative estimate of drug-likeness (QED) is 0.324. The number of benzene rings is 3. The van der Waals surface area contributed by atoms with E-state index in [0.717, 1.165) is 16.8 Å². The summed E-state index contributed by atoms with van der Waals surface area (Å²) < 4.78 is 7.66. The van der Waals surface area contributed by atoms with Crippen molar-refractivity contribution in [3.8, 4) is 17.2 Å². The summed E-state index contributed by atoms with van der Waals surface area (Å²) in [6.07, 6.45) is 4.35. The lowest BCUT2D eigenvalue weighted by Gasteiger charge is -2.19. The van der Waals surface area contributed by atoms with Crippen LogP contribution in [-0.4, -0.2) is 28.3 Å².